The molecule has 0 saturated carbocycles. The van der Waals surface area contributed by atoms with Crippen molar-refractivity contribution in [3.8, 4) is 11.5 Å². The molecule has 1 amide bonds. The fraction of sp³-hybridized carbons (Fsp3) is 0.316. The van der Waals surface area contributed by atoms with E-state index in [-0.39, 0.29) is 5.91 Å². The largest absolute Gasteiger partial charge is 0.457 e. The lowest BCUT2D eigenvalue weighted by Gasteiger charge is -2.31. The van der Waals surface area contributed by atoms with Crippen molar-refractivity contribution in [2.45, 2.75) is 12.8 Å². The summed E-state index contributed by atoms with van der Waals surface area (Å²) in [5, 5.41) is 0. The molecule has 0 bridgehead atoms. The lowest BCUT2D eigenvalue weighted by molar-refractivity contribution is 0.0691. The van der Waals surface area contributed by atoms with E-state index < -0.39 is 0 Å². The molecular formula is C19H22N2O2. The van der Waals surface area contributed by atoms with Gasteiger partial charge < -0.3 is 15.4 Å². The van der Waals surface area contributed by atoms with Gasteiger partial charge in [-0.15, -0.1) is 0 Å². The number of carbonyl (C=O) groups excluding carboxylic acids is 1. The van der Waals surface area contributed by atoms with Crippen LogP contribution in [0.1, 0.15) is 23.2 Å². The van der Waals surface area contributed by atoms with Crippen LogP contribution >= 0.6 is 0 Å². The van der Waals surface area contributed by atoms with Gasteiger partial charge in [0.2, 0.25) is 0 Å². The Hall–Kier alpha value is -2.33. The molecule has 0 spiro atoms. The van der Waals surface area contributed by atoms with Crippen molar-refractivity contribution in [3.63, 3.8) is 0 Å². The molecule has 0 aliphatic carbocycles. The summed E-state index contributed by atoms with van der Waals surface area (Å²) in [7, 11) is 0. The summed E-state index contributed by atoms with van der Waals surface area (Å²) < 4.78 is 5.90. The third-order valence-corrected chi connectivity index (χ3v) is 4.32. The topological polar surface area (TPSA) is 55.6 Å². The average Bonchev–Trinajstić information content (AvgIpc) is 2.62. The number of rotatable bonds is 4. The van der Waals surface area contributed by atoms with Crippen molar-refractivity contribution in [1.82, 2.24) is 4.90 Å². The van der Waals surface area contributed by atoms with Crippen LogP contribution in [0, 0.1) is 5.92 Å². The molecule has 23 heavy (non-hydrogen) atoms. The van der Waals surface area contributed by atoms with E-state index in [2.05, 4.69) is 0 Å². The summed E-state index contributed by atoms with van der Waals surface area (Å²) in [5.41, 5.74) is 6.34. The molecule has 4 heteroatoms. The van der Waals surface area contributed by atoms with Crippen LogP contribution in [0.15, 0.2) is 54.6 Å². The van der Waals surface area contributed by atoms with Crippen LogP contribution < -0.4 is 10.5 Å². The lowest BCUT2D eigenvalue weighted by atomic mass is 9.96. The summed E-state index contributed by atoms with van der Waals surface area (Å²) in [4.78, 5) is 14.7. The van der Waals surface area contributed by atoms with Crippen molar-refractivity contribution in [2.24, 2.45) is 11.7 Å². The second kappa shape index (κ2) is 7.29. The minimum absolute atomic E-state index is 0.0343. The zero-order valence-corrected chi connectivity index (χ0v) is 13.2. The molecule has 0 atom stereocenters. The van der Waals surface area contributed by atoms with Crippen LogP contribution in [0.2, 0.25) is 0 Å². The normalized spacial score (nSPS) is 15.4. The average molecular weight is 310 g/mol. The van der Waals surface area contributed by atoms with Crippen LogP contribution in [0.3, 0.4) is 0 Å². The van der Waals surface area contributed by atoms with Crippen LogP contribution in [0.5, 0.6) is 11.5 Å². The number of ether oxygens (including phenoxy) is 1. The first-order chi connectivity index (χ1) is 11.3. The van der Waals surface area contributed by atoms with Crippen molar-refractivity contribution in [3.05, 3.63) is 60.2 Å². The molecule has 1 saturated heterocycles. The van der Waals surface area contributed by atoms with E-state index >= 15 is 0 Å². The third-order valence-electron chi connectivity index (χ3n) is 4.32. The number of amides is 1. The Morgan fingerprint density at radius 2 is 1.70 bits per heavy atom. The minimum atomic E-state index is 0.0343. The minimum Gasteiger partial charge on any atom is -0.457 e. The predicted octanol–water partition coefficient (Wildman–Crippen LogP) is 3.29. The molecular weight excluding hydrogens is 288 g/mol. The summed E-state index contributed by atoms with van der Waals surface area (Å²) in [6, 6.07) is 17.0. The highest BCUT2D eigenvalue weighted by molar-refractivity contribution is 5.97. The van der Waals surface area contributed by atoms with Gasteiger partial charge in [-0.1, -0.05) is 30.3 Å². The predicted molar refractivity (Wildman–Crippen MR) is 90.6 cm³/mol. The molecule has 1 fully saturated rings. The Labute approximate surface area is 136 Å². The first-order valence-electron chi connectivity index (χ1n) is 8.09. The monoisotopic (exact) mass is 310 g/mol. The molecule has 3 rings (SSSR count). The quantitative estimate of drug-likeness (QED) is 0.943. The second-order valence-corrected chi connectivity index (χ2v) is 5.88. The van der Waals surface area contributed by atoms with Gasteiger partial charge in [0, 0.05) is 13.1 Å². The SMILES string of the molecule is NCC1CCN(C(=O)c2ccccc2Oc2ccccc2)CC1. The molecule has 2 aromatic rings. The van der Waals surface area contributed by atoms with Crippen molar-refractivity contribution in [2.75, 3.05) is 19.6 Å². The molecule has 0 radical (unpaired) electrons. The van der Waals surface area contributed by atoms with Gasteiger partial charge in [0.25, 0.3) is 5.91 Å². The Morgan fingerprint density at radius 3 is 2.39 bits per heavy atom. The number of likely N-dealkylation sites (tertiary alicyclic amines) is 1. The highest BCUT2D eigenvalue weighted by Crippen LogP contribution is 2.27. The second-order valence-electron chi connectivity index (χ2n) is 5.88. The third kappa shape index (κ3) is 3.71. The van der Waals surface area contributed by atoms with Gasteiger partial charge in [-0.3, -0.25) is 4.79 Å². The van der Waals surface area contributed by atoms with E-state index in [9.17, 15) is 4.79 Å². The van der Waals surface area contributed by atoms with E-state index in [0.29, 0.717) is 23.8 Å². The first kappa shape index (κ1) is 15.6. The lowest BCUT2D eigenvalue weighted by Crippen LogP contribution is -2.40. The van der Waals surface area contributed by atoms with Crippen LogP contribution in [0.25, 0.3) is 0 Å². The highest BCUT2D eigenvalue weighted by atomic mass is 16.5. The number of carbonyl (C=O) groups is 1. The zero-order chi connectivity index (χ0) is 16.1. The standard InChI is InChI=1S/C19H22N2O2/c20-14-15-10-12-21(13-11-15)19(22)17-8-4-5-9-18(17)23-16-6-2-1-3-7-16/h1-9,15H,10-14,20H2. The molecule has 2 aromatic carbocycles. The summed E-state index contributed by atoms with van der Waals surface area (Å²) in [6.45, 7) is 2.23. The van der Waals surface area contributed by atoms with E-state index in [1.165, 1.54) is 0 Å². The molecule has 120 valence electrons. The Kier molecular flexibility index (Phi) is 4.93. The summed E-state index contributed by atoms with van der Waals surface area (Å²) >= 11 is 0. The zero-order valence-electron chi connectivity index (χ0n) is 13.2. The first-order valence-corrected chi connectivity index (χ1v) is 8.09. The van der Waals surface area contributed by atoms with Gasteiger partial charge in [0.05, 0.1) is 5.56 Å². The summed E-state index contributed by atoms with van der Waals surface area (Å²) in [6.07, 6.45) is 1.95. The van der Waals surface area contributed by atoms with Crippen LogP contribution in [-0.2, 0) is 0 Å². The number of para-hydroxylation sites is 2. The Balaban J connectivity index is 1.76. The van der Waals surface area contributed by atoms with Gasteiger partial charge in [0.15, 0.2) is 0 Å². The summed E-state index contributed by atoms with van der Waals surface area (Å²) in [5.74, 6) is 1.90. The molecule has 1 heterocycles. The van der Waals surface area contributed by atoms with E-state index in [4.69, 9.17) is 10.5 Å². The van der Waals surface area contributed by atoms with Gasteiger partial charge in [-0.05, 0) is 49.6 Å². The number of nitrogens with zero attached hydrogens (tertiary/aromatic N) is 1. The highest BCUT2D eigenvalue weighted by Gasteiger charge is 2.24. The van der Waals surface area contributed by atoms with Gasteiger partial charge in [-0.2, -0.15) is 0 Å². The van der Waals surface area contributed by atoms with Crippen molar-refractivity contribution in [1.29, 1.82) is 0 Å². The number of piperidine rings is 1. The smallest absolute Gasteiger partial charge is 0.257 e. The van der Waals surface area contributed by atoms with Crippen molar-refractivity contribution < 1.29 is 9.53 Å². The maximum absolute atomic E-state index is 12.8. The van der Waals surface area contributed by atoms with Crippen LogP contribution in [0.4, 0.5) is 0 Å². The molecule has 2 N–H and O–H groups in total. The Bertz CT molecular complexity index is 649. The fourth-order valence-corrected chi connectivity index (χ4v) is 2.89. The number of hydrogen-bond donors (Lipinski definition) is 1. The van der Waals surface area contributed by atoms with Gasteiger partial charge >= 0.3 is 0 Å². The maximum atomic E-state index is 12.8. The number of nitrogens with two attached hydrogens (primary N) is 1. The fourth-order valence-electron chi connectivity index (χ4n) is 2.89. The van der Waals surface area contributed by atoms with Crippen LogP contribution in [-0.4, -0.2) is 30.4 Å². The van der Waals surface area contributed by atoms with Gasteiger partial charge in [0.1, 0.15) is 11.5 Å². The molecule has 1 aliphatic heterocycles. The Morgan fingerprint density at radius 1 is 1.04 bits per heavy atom. The molecule has 0 unspecified atom stereocenters. The number of hydrogen-bond acceptors (Lipinski definition) is 3. The molecule has 1 aliphatic rings. The van der Waals surface area contributed by atoms with E-state index in [1.807, 2.05) is 59.5 Å². The van der Waals surface area contributed by atoms with Gasteiger partial charge in [-0.25, -0.2) is 0 Å². The molecule has 4 nitrogen and oxygen atoms in total. The van der Waals surface area contributed by atoms with Crippen molar-refractivity contribution >= 4 is 5.91 Å². The number of benzene rings is 2. The maximum Gasteiger partial charge on any atom is 0.257 e. The van der Waals surface area contributed by atoms with E-state index in [1.54, 1.807) is 0 Å². The van der Waals surface area contributed by atoms with E-state index in [0.717, 1.165) is 31.7 Å². The molecule has 0 aromatic heterocycles.